The molecule has 1 aromatic carbocycles. The molecule has 0 N–H and O–H groups in total. The highest BCUT2D eigenvalue weighted by Gasteiger charge is 2.39. The maximum Gasteiger partial charge on any atom is 0.219 e. The Morgan fingerprint density at radius 1 is 1.15 bits per heavy atom. The van der Waals surface area contributed by atoms with E-state index in [1.165, 1.54) is 5.56 Å². The van der Waals surface area contributed by atoms with E-state index in [-0.39, 0.29) is 30.7 Å². The predicted octanol–water partition coefficient (Wildman–Crippen LogP) is 2.88. The Kier molecular flexibility index (Phi) is 9.35. The minimum absolute atomic E-state index is 0. The third kappa shape index (κ3) is 5.50. The zero-order chi connectivity index (χ0) is 18.0. The number of benzene rings is 1. The molecule has 2 aliphatic rings. The average molecular weight is 418 g/mol. The lowest BCUT2D eigenvalue weighted by atomic mass is 9.93. The van der Waals surface area contributed by atoms with Crippen LogP contribution in [0.4, 0.5) is 0 Å². The summed E-state index contributed by atoms with van der Waals surface area (Å²) in [5.74, 6) is 1.64. The Morgan fingerprint density at radius 2 is 1.81 bits per heavy atom. The summed E-state index contributed by atoms with van der Waals surface area (Å²) in [6.07, 6.45) is 2.18. The van der Waals surface area contributed by atoms with Crippen LogP contribution in [0.1, 0.15) is 31.2 Å². The second-order valence-corrected chi connectivity index (χ2v) is 7.61. The normalized spacial score (nSPS) is 23.7. The molecule has 0 spiro atoms. The maximum atomic E-state index is 11.6. The van der Waals surface area contributed by atoms with Crippen molar-refractivity contribution in [1.29, 1.82) is 0 Å². The zero-order valence-electron chi connectivity index (χ0n) is 16.8. The van der Waals surface area contributed by atoms with Gasteiger partial charge in [0.25, 0.3) is 0 Å². The van der Waals surface area contributed by atoms with Crippen molar-refractivity contribution < 1.29 is 9.53 Å². The Balaban J connectivity index is 0.00000182. The molecule has 7 heteroatoms. The van der Waals surface area contributed by atoms with Crippen LogP contribution in [0.5, 0.6) is 5.75 Å². The summed E-state index contributed by atoms with van der Waals surface area (Å²) in [6, 6.07) is 9.62. The Morgan fingerprint density at radius 3 is 2.37 bits per heavy atom. The fourth-order valence-electron chi connectivity index (χ4n) is 4.38. The summed E-state index contributed by atoms with van der Waals surface area (Å²) in [4.78, 5) is 18.5. The van der Waals surface area contributed by atoms with Crippen LogP contribution in [0, 0.1) is 0 Å². The van der Waals surface area contributed by atoms with Crippen molar-refractivity contribution in [3.63, 3.8) is 0 Å². The molecular formula is C20H33Cl2N3O2. The number of halogens is 2. The molecule has 27 heavy (non-hydrogen) atoms. The quantitative estimate of drug-likeness (QED) is 0.754. The second kappa shape index (κ2) is 10.5. The van der Waals surface area contributed by atoms with Gasteiger partial charge < -0.3 is 14.5 Å². The summed E-state index contributed by atoms with van der Waals surface area (Å²) >= 11 is 0. The molecule has 0 aromatic heterocycles. The largest absolute Gasteiger partial charge is 0.497 e. The highest BCUT2D eigenvalue weighted by atomic mass is 35.5. The maximum absolute atomic E-state index is 11.6. The van der Waals surface area contributed by atoms with Crippen LogP contribution < -0.4 is 4.74 Å². The highest BCUT2D eigenvalue weighted by Crippen LogP contribution is 2.34. The van der Waals surface area contributed by atoms with Crippen molar-refractivity contribution in [3.8, 4) is 5.75 Å². The Hall–Kier alpha value is -1.01. The standard InChI is InChI=1S/C20H31N3O2.2ClH/c1-15(24)22-10-8-17(9-11-22)23-13-19(20(14-23)21(2)3)16-6-5-7-18(12-16)25-4;;/h5-7,12,17,19-20H,8-11,13-14H2,1-4H3;2*1H/t19-,20+;;/m1../s1. The number of ether oxygens (including phenoxy) is 1. The topological polar surface area (TPSA) is 36.0 Å². The van der Waals surface area contributed by atoms with Gasteiger partial charge in [-0.25, -0.2) is 0 Å². The SMILES string of the molecule is COc1cccc([C@H]2CN(C3CCN(C(C)=O)CC3)C[C@@H]2N(C)C)c1.Cl.Cl. The van der Waals surface area contributed by atoms with E-state index in [9.17, 15) is 4.79 Å². The van der Waals surface area contributed by atoms with Crippen molar-refractivity contribution in [3.05, 3.63) is 29.8 Å². The van der Waals surface area contributed by atoms with Gasteiger partial charge in [-0.1, -0.05) is 12.1 Å². The molecule has 1 aromatic rings. The number of amides is 1. The van der Waals surface area contributed by atoms with Gasteiger partial charge in [-0.3, -0.25) is 9.69 Å². The number of methoxy groups -OCH3 is 1. The molecule has 154 valence electrons. The zero-order valence-corrected chi connectivity index (χ0v) is 18.4. The molecule has 0 aliphatic carbocycles. The number of hydrogen-bond acceptors (Lipinski definition) is 4. The van der Waals surface area contributed by atoms with Gasteiger partial charge in [-0.15, -0.1) is 24.8 Å². The first-order chi connectivity index (χ1) is 12.0. The van der Waals surface area contributed by atoms with Gasteiger partial charge in [-0.05, 0) is 44.6 Å². The van der Waals surface area contributed by atoms with Gasteiger partial charge in [0.15, 0.2) is 0 Å². The van der Waals surface area contributed by atoms with E-state index in [1.54, 1.807) is 14.0 Å². The van der Waals surface area contributed by atoms with Gasteiger partial charge in [0.05, 0.1) is 7.11 Å². The van der Waals surface area contributed by atoms with Crippen LogP contribution in [0.3, 0.4) is 0 Å². The van der Waals surface area contributed by atoms with Crippen LogP contribution in [-0.2, 0) is 4.79 Å². The lowest BCUT2D eigenvalue weighted by Gasteiger charge is -2.36. The van der Waals surface area contributed by atoms with Crippen LogP contribution in [0.2, 0.25) is 0 Å². The van der Waals surface area contributed by atoms with E-state index in [1.807, 2.05) is 11.0 Å². The van der Waals surface area contributed by atoms with E-state index in [4.69, 9.17) is 4.74 Å². The molecule has 5 nitrogen and oxygen atoms in total. The van der Waals surface area contributed by atoms with Crippen LogP contribution >= 0.6 is 24.8 Å². The smallest absolute Gasteiger partial charge is 0.219 e. The number of likely N-dealkylation sites (N-methyl/N-ethyl adjacent to an activating group) is 1. The average Bonchev–Trinajstić information content (AvgIpc) is 3.07. The van der Waals surface area contributed by atoms with E-state index in [0.29, 0.717) is 18.0 Å². The monoisotopic (exact) mass is 417 g/mol. The summed E-state index contributed by atoms with van der Waals surface area (Å²) < 4.78 is 5.42. The summed E-state index contributed by atoms with van der Waals surface area (Å²) in [6.45, 7) is 5.65. The summed E-state index contributed by atoms with van der Waals surface area (Å²) in [5, 5.41) is 0. The molecule has 3 rings (SSSR count). The number of likely N-dealkylation sites (tertiary alicyclic amines) is 2. The molecule has 0 unspecified atom stereocenters. The Bertz CT molecular complexity index is 607. The number of carbonyl (C=O) groups excluding carboxylic acids is 1. The minimum Gasteiger partial charge on any atom is -0.497 e. The van der Waals surface area contributed by atoms with E-state index in [2.05, 4.69) is 42.1 Å². The minimum atomic E-state index is 0. The van der Waals surface area contributed by atoms with Crippen molar-refractivity contribution in [1.82, 2.24) is 14.7 Å². The molecular weight excluding hydrogens is 385 g/mol. The summed E-state index contributed by atoms with van der Waals surface area (Å²) in [5.41, 5.74) is 1.36. The molecule has 1 amide bonds. The first-order valence-electron chi connectivity index (χ1n) is 9.29. The lowest BCUT2D eigenvalue weighted by Crippen LogP contribution is -2.46. The first-order valence-corrected chi connectivity index (χ1v) is 9.29. The van der Waals surface area contributed by atoms with Crippen LogP contribution in [0.15, 0.2) is 24.3 Å². The molecule has 2 aliphatic heterocycles. The fraction of sp³-hybridized carbons (Fsp3) is 0.650. The predicted molar refractivity (Wildman–Crippen MR) is 115 cm³/mol. The van der Waals surface area contributed by atoms with Crippen molar-refractivity contribution in [2.45, 2.75) is 37.8 Å². The van der Waals surface area contributed by atoms with Crippen LogP contribution in [0.25, 0.3) is 0 Å². The van der Waals surface area contributed by atoms with Crippen molar-refractivity contribution in [2.24, 2.45) is 0 Å². The number of nitrogens with zero attached hydrogens (tertiary/aromatic N) is 3. The molecule has 2 saturated heterocycles. The molecule has 0 bridgehead atoms. The van der Waals surface area contributed by atoms with Crippen molar-refractivity contribution in [2.75, 3.05) is 47.4 Å². The van der Waals surface area contributed by atoms with Gasteiger partial charge >= 0.3 is 0 Å². The first kappa shape index (κ1) is 24.0. The van der Waals surface area contributed by atoms with Gasteiger partial charge in [0, 0.05) is 51.1 Å². The van der Waals surface area contributed by atoms with E-state index >= 15 is 0 Å². The third-order valence-corrected chi connectivity index (χ3v) is 5.93. The highest BCUT2D eigenvalue weighted by molar-refractivity contribution is 5.85. The van der Waals surface area contributed by atoms with Crippen LogP contribution in [-0.4, -0.2) is 80.1 Å². The van der Waals surface area contributed by atoms with Crippen molar-refractivity contribution >= 4 is 30.7 Å². The fourth-order valence-corrected chi connectivity index (χ4v) is 4.38. The number of hydrogen-bond donors (Lipinski definition) is 0. The van der Waals surface area contributed by atoms with Gasteiger partial charge in [0.2, 0.25) is 5.91 Å². The lowest BCUT2D eigenvalue weighted by molar-refractivity contribution is -0.130. The van der Waals surface area contributed by atoms with E-state index in [0.717, 1.165) is 44.8 Å². The van der Waals surface area contributed by atoms with Gasteiger partial charge in [-0.2, -0.15) is 0 Å². The third-order valence-electron chi connectivity index (χ3n) is 5.93. The molecule has 2 heterocycles. The number of rotatable bonds is 4. The molecule has 0 saturated carbocycles. The van der Waals surface area contributed by atoms with Gasteiger partial charge in [0.1, 0.15) is 5.75 Å². The molecule has 2 fully saturated rings. The Labute approximate surface area is 175 Å². The molecule has 2 atom stereocenters. The summed E-state index contributed by atoms with van der Waals surface area (Å²) in [7, 11) is 6.09. The second-order valence-electron chi connectivity index (χ2n) is 7.61. The number of carbonyl (C=O) groups is 1. The number of piperidine rings is 1. The molecule has 0 radical (unpaired) electrons. The van der Waals surface area contributed by atoms with E-state index < -0.39 is 0 Å².